The predicted octanol–water partition coefficient (Wildman–Crippen LogP) is 1.17. The number of benzene rings is 1. The first kappa shape index (κ1) is 15.0. The van der Waals surface area contributed by atoms with Gasteiger partial charge in [-0.15, -0.1) is 0 Å². The average molecular weight is 275 g/mol. The number of nitrogens with one attached hydrogen (secondary N) is 1. The van der Waals surface area contributed by atoms with Crippen LogP contribution in [0.25, 0.3) is 0 Å². The van der Waals surface area contributed by atoms with Crippen molar-refractivity contribution in [3.63, 3.8) is 0 Å². The van der Waals surface area contributed by atoms with E-state index in [0.29, 0.717) is 13.1 Å². The van der Waals surface area contributed by atoms with E-state index in [0.717, 1.165) is 26.2 Å². The highest BCUT2D eigenvalue weighted by molar-refractivity contribution is 5.78. The lowest BCUT2D eigenvalue weighted by Crippen LogP contribution is -2.47. The van der Waals surface area contributed by atoms with Crippen molar-refractivity contribution in [3.05, 3.63) is 34.9 Å². The summed E-state index contributed by atoms with van der Waals surface area (Å²) >= 11 is 0. The molecule has 1 N–H and O–H groups in total. The summed E-state index contributed by atoms with van der Waals surface area (Å²) in [5.41, 5.74) is 3.75. The molecule has 4 heteroatoms. The number of aryl methyl sites for hydroxylation is 2. The van der Waals surface area contributed by atoms with Crippen LogP contribution >= 0.6 is 0 Å². The highest BCUT2D eigenvalue weighted by Crippen LogP contribution is 2.12. The normalized spacial score (nSPS) is 16.1. The lowest BCUT2D eigenvalue weighted by Gasteiger charge is -2.28. The summed E-state index contributed by atoms with van der Waals surface area (Å²) in [5.74, 6) is 0.201. The molecule has 1 heterocycles. The molecule has 0 bridgehead atoms. The number of hydrogen-bond acceptors (Lipinski definition) is 3. The van der Waals surface area contributed by atoms with Crippen molar-refractivity contribution < 1.29 is 4.79 Å². The van der Waals surface area contributed by atoms with Gasteiger partial charge in [0.1, 0.15) is 0 Å². The third kappa shape index (κ3) is 4.05. The number of piperazine rings is 1. The van der Waals surface area contributed by atoms with E-state index in [-0.39, 0.29) is 5.91 Å². The molecule has 0 aliphatic carbocycles. The molecule has 1 fully saturated rings. The van der Waals surface area contributed by atoms with E-state index in [1.165, 1.54) is 16.7 Å². The van der Waals surface area contributed by atoms with Crippen LogP contribution in [0.5, 0.6) is 0 Å². The van der Waals surface area contributed by atoms with Crippen LogP contribution < -0.4 is 5.32 Å². The van der Waals surface area contributed by atoms with Gasteiger partial charge in [0.05, 0.1) is 6.54 Å². The van der Waals surface area contributed by atoms with Crippen LogP contribution in [0.15, 0.2) is 18.2 Å². The Morgan fingerprint density at radius 1 is 1.30 bits per heavy atom. The third-order valence-electron chi connectivity index (χ3n) is 3.90. The molecule has 0 atom stereocenters. The summed E-state index contributed by atoms with van der Waals surface area (Å²) in [6, 6.07) is 6.40. The Morgan fingerprint density at radius 3 is 2.65 bits per heavy atom. The zero-order valence-electron chi connectivity index (χ0n) is 12.8. The van der Waals surface area contributed by atoms with E-state index in [4.69, 9.17) is 0 Å². The van der Waals surface area contributed by atoms with Crippen molar-refractivity contribution in [1.82, 2.24) is 15.1 Å². The van der Waals surface area contributed by atoms with Crippen molar-refractivity contribution in [2.75, 3.05) is 39.8 Å². The van der Waals surface area contributed by atoms with Gasteiger partial charge in [-0.25, -0.2) is 0 Å². The number of rotatable bonds is 4. The van der Waals surface area contributed by atoms with Crippen molar-refractivity contribution in [2.45, 2.75) is 20.4 Å². The largest absolute Gasteiger partial charge is 0.340 e. The predicted molar refractivity (Wildman–Crippen MR) is 81.7 cm³/mol. The van der Waals surface area contributed by atoms with Crippen molar-refractivity contribution in [3.8, 4) is 0 Å². The van der Waals surface area contributed by atoms with Crippen LogP contribution in [0.1, 0.15) is 16.7 Å². The van der Waals surface area contributed by atoms with Crippen molar-refractivity contribution in [1.29, 1.82) is 0 Å². The van der Waals surface area contributed by atoms with Crippen LogP contribution in [-0.4, -0.2) is 55.5 Å². The lowest BCUT2D eigenvalue weighted by atomic mass is 10.1. The molecule has 1 aromatic carbocycles. The molecule has 1 aliphatic rings. The van der Waals surface area contributed by atoms with Gasteiger partial charge in [0.25, 0.3) is 0 Å². The Kier molecular flexibility index (Phi) is 5.15. The molecule has 110 valence electrons. The van der Waals surface area contributed by atoms with E-state index in [1.807, 2.05) is 11.9 Å². The molecule has 0 radical (unpaired) electrons. The van der Waals surface area contributed by atoms with Gasteiger partial charge >= 0.3 is 0 Å². The van der Waals surface area contributed by atoms with Gasteiger partial charge in [-0.05, 0) is 25.0 Å². The number of hydrogen-bond donors (Lipinski definition) is 1. The molecule has 1 aliphatic heterocycles. The van der Waals surface area contributed by atoms with Crippen molar-refractivity contribution >= 4 is 5.91 Å². The molecule has 1 saturated heterocycles. The van der Waals surface area contributed by atoms with Crippen LogP contribution in [0.2, 0.25) is 0 Å². The second kappa shape index (κ2) is 6.86. The summed E-state index contributed by atoms with van der Waals surface area (Å²) < 4.78 is 0. The van der Waals surface area contributed by atoms with E-state index < -0.39 is 0 Å². The lowest BCUT2D eigenvalue weighted by molar-refractivity contribution is -0.131. The number of likely N-dealkylation sites (N-methyl/N-ethyl adjacent to an activating group) is 1. The summed E-state index contributed by atoms with van der Waals surface area (Å²) in [5, 5.41) is 3.30. The highest BCUT2D eigenvalue weighted by atomic mass is 16.2. The van der Waals surface area contributed by atoms with Gasteiger partial charge in [-0.3, -0.25) is 9.69 Å². The first-order chi connectivity index (χ1) is 9.56. The minimum Gasteiger partial charge on any atom is -0.340 e. The maximum absolute atomic E-state index is 12.3. The van der Waals surface area contributed by atoms with Crippen LogP contribution in [0.4, 0.5) is 0 Å². The molecule has 4 nitrogen and oxygen atoms in total. The number of carbonyl (C=O) groups excluding carboxylic acids is 1. The molecule has 1 aromatic rings. The maximum atomic E-state index is 12.3. The molecule has 20 heavy (non-hydrogen) atoms. The van der Waals surface area contributed by atoms with Gasteiger partial charge in [0.15, 0.2) is 0 Å². The zero-order valence-corrected chi connectivity index (χ0v) is 12.8. The standard InChI is InChI=1S/C16H25N3O/c1-13-4-5-15(14(2)10-13)11-18(3)16(20)12-19-8-6-17-7-9-19/h4-5,10,17H,6-9,11-12H2,1-3H3. The van der Waals surface area contributed by atoms with Crippen LogP contribution in [0.3, 0.4) is 0 Å². The molecule has 0 aromatic heterocycles. The fraction of sp³-hybridized carbons (Fsp3) is 0.562. The quantitative estimate of drug-likeness (QED) is 0.896. The van der Waals surface area contributed by atoms with Gasteiger partial charge in [0.2, 0.25) is 5.91 Å². The monoisotopic (exact) mass is 275 g/mol. The molecular weight excluding hydrogens is 250 g/mol. The topological polar surface area (TPSA) is 35.6 Å². The molecular formula is C16H25N3O. The summed E-state index contributed by atoms with van der Waals surface area (Å²) in [4.78, 5) is 16.3. The number of nitrogens with zero attached hydrogens (tertiary/aromatic N) is 2. The molecule has 0 saturated carbocycles. The minimum atomic E-state index is 0.201. The third-order valence-corrected chi connectivity index (χ3v) is 3.90. The SMILES string of the molecule is Cc1ccc(CN(C)C(=O)CN2CCNCC2)c(C)c1. The Hall–Kier alpha value is -1.39. The van der Waals surface area contributed by atoms with E-state index in [9.17, 15) is 4.79 Å². The van der Waals surface area contributed by atoms with Gasteiger partial charge in [-0.2, -0.15) is 0 Å². The highest BCUT2D eigenvalue weighted by Gasteiger charge is 2.16. The summed E-state index contributed by atoms with van der Waals surface area (Å²) in [6.07, 6.45) is 0. The second-order valence-electron chi connectivity index (χ2n) is 5.71. The Morgan fingerprint density at radius 2 is 2.00 bits per heavy atom. The second-order valence-corrected chi connectivity index (χ2v) is 5.71. The Balaban J connectivity index is 1.89. The molecule has 2 rings (SSSR count). The first-order valence-corrected chi connectivity index (χ1v) is 7.29. The van der Waals surface area contributed by atoms with Gasteiger partial charge in [-0.1, -0.05) is 23.8 Å². The van der Waals surface area contributed by atoms with Crippen LogP contribution in [-0.2, 0) is 11.3 Å². The average Bonchev–Trinajstić information content (AvgIpc) is 2.43. The van der Waals surface area contributed by atoms with E-state index >= 15 is 0 Å². The van der Waals surface area contributed by atoms with Gasteiger partial charge in [0, 0.05) is 39.8 Å². The van der Waals surface area contributed by atoms with Gasteiger partial charge < -0.3 is 10.2 Å². The molecule has 0 unspecified atom stereocenters. The van der Waals surface area contributed by atoms with Crippen molar-refractivity contribution in [2.24, 2.45) is 0 Å². The molecule has 0 spiro atoms. The smallest absolute Gasteiger partial charge is 0.236 e. The molecule has 1 amide bonds. The zero-order chi connectivity index (χ0) is 14.5. The van der Waals surface area contributed by atoms with E-state index in [2.05, 4.69) is 42.3 Å². The van der Waals surface area contributed by atoms with E-state index in [1.54, 1.807) is 0 Å². The van der Waals surface area contributed by atoms with Crippen LogP contribution in [0, 0.1) is 13.8 Å². The fourth-order valence-corrected chi connectivity index (χ4v) is 2.55. The number of carbonyl (C=O) groups is 1. The fourth-order valence-electron chi connectivity index (χ4n) is 2.55. The summed E-state index contributed by atoms with van der Waals surface area (Å²) in [7, 11) is 1.89. The first-order valence-electron chi connectivity index (χ1n) is 7.29. The minimum absolute atomic E-state index is 0.201. The Labute approximate surface area is 121 Å². The Bertz CT molecular complexity index is 467. The summed E-state index contributed by atoms with van der Waals surface area (Å²) in [6.45, 7) is 9.31. The maximum Gasteiger partial charge on any atom is 0.236 e. The number of amides is 1.